The summed E-state index contributed by atoms with van der Waals surface area (Å²) >= 11 is 3.18. The molecular formula is C17H17BrN2O4. The number of aromatic nitrogens is 1. The van der Waals surface area contributed by atoms with Gasteiger partial charge in [-0.15, -0.1) is 0 Å². The number of ether oxygens (including phenoxy) is 1. The molecule has 0 saturated heterocycles. The molecule has 1 aromatic carbocycles. The minimum atomic E-state index is -0.411. The zero-order valence-electron chi connectivity index (χ0n) is 13.3. The molecule has 2 rings (SSSR count). The summed E-state index contributed by atoms with van der Waals surface area (Å²) in [5.41, 5.74) is 1.54. The predicted molar refractivity (Wildman–Crippen MR) is 94.2 cm³/mol. The van der Waals surface area contributed by atoms with E-state index >= 15 is 0 Å². The second-order valence-corrected chi connectivity index (χ2v) is 6.00. The van der Waals surface area contributed by atoms with Crippen molar-refractivity contribution in [1.82, 2.24) is 4.57 Å². The van der Waals surface area contributed by atoms with E-state index < -0.39 is 5.97 Å². The molecule has 0 fully saturated rings. The zero-order valence-corrected chi connectivity index (χ0v) is 14.9. The van der Waals surface area contributed by atoms with Crippen LogP contribution in [0.4, 0.5) is 5.69 Å². The Bertz CT molecular complexity index is 812. The molecule has 0 aliphatic rings. The van der Waals surface area contributed by atoms with Gasteiger partial charge in [0.05, 0.1) is 16.6 Å². The van der Waals surface area contributed by atoms with E-state index in [2.05, 4.69) is 21.2 Å². The summed E-state index contributed by atoms with van der Waals surface area (Å²) in [6, 6.07) is 8.06. The summed E-state index contributed by atoms with van der Waals surface area (Å²) in [5, 5.41) is 2.69. The topological polar surface area (TPSA) is 77.4 Å². The number of esters is 1. The molecule has 7 heteroatoms. The first-order chi connectivity index (χ1) is 11.4. The predicted octanol–water partition coefficient (Wildman–Crippen LogP) is 2.73. The third-order valence-corrected chi connectivity index (χ3v) is 3.74. The van der Waals surface area contributed by atoms with E-state index in [-0.39, 0.29) is 18.0 Å². The average Bonchev–Trinajstić information content (AvgIpc) is 2.53. The van der Waals surface area contributed by atoms with Crippen LogP contribution in [0.3, 0.4) is 0 Å². The smallest absolute Gasteiger partial charge is 0.338 e. The summed E-state index contributed by atoms with van der Waals surface area (Å²) in [5.74, 6) is -0.745. The van der Waals surface area contributed by atoms with E-state index in [1.165, 1.54) is 4.57 Å². The van der Waals surface area contributed by atoms with Gasteiger partial charge in [0.25, 0.3) is 5.56 Å². The third kappa shape index (κ3) is 4.55. The Balaban J connectivity index is 2.05. The minimum Gasteiger partial charge on any atom is -0.462 e. The molecule has 1 amide bonds. The van der Waals surface area contributed by atoms with Crippen LogP contribution in [0.1, 0.15) is 22.8 Å². The fourth-order valence-corrected chi connectivity index (χ4v) is 2.71. The van der Waals surface area contributed by atoms with Crippen LogP contribution in [0.25, 0.3) is 0 Å². The van der Waals surface area contributed by atoms with Gasteiger partial charge in [-0.25, -0.2) is 4.79 Å². The van der Waals surface area contributed by atoms with Crippen molar-refractivity contribution in [1.29, 1.82) is 0 Å². The SMILES string of the molecule is CCOC(=O)c1ccc(NC(=O)Cn2cc(C)cc(Br)c2=O)cc1. The second kappa shape index (κ2) is 7.92. The Morgan fingerprint density at radius 3 is 2.54 bits per heavy atom. The van der Waals surface area contributed by atoms with Gasteiger partial charge < -0.3 is 14.6 Å². The molecular weight excluding hydrogens is 376 g/mol. The Morgan fingerprint density at radius 2 is 1.92 bits per heavy atom. The maximum Gasteiger partial charge on any atom is 0.338 e. The van der Waals surface area contributed by atoms with Crippen LogP contribution in [0.5, 0.6) is 0 Å². The maximum atomic E-state index is 12.1. The fraction of sp³-hybridized carbons (Fsp3) is 0.235. The molecule has 1 N–H and O–H groups in total. The number of halogens is 1. The number of anilines is 1. The molecule has 24 heavy (non-hydrogen) atoms. The van der Waals surface area contributed by atoms with Crippen LogP contribution in [0.2, 0.25) is 0 Å². The number of rotatable bonds is 5. The molecule has 126 valence electrons. The molecule has 0 bridgehead atoms. The van der Waals surface area contributed by atoms with E-state index in [4.69, 9.17) is 4.74 Å². The van der Waals surface area contributed by atoms with E-state index in [1.807, 2.05) is 6.92 Å². The number of hydrogen-bond acceptors (Lipinski definition) is 4. The highest BCUT2D eigenvalue weighted by Gasteiger charge is 2.09. The largest absolute Gasteiger partial charge is 0.462 e. The Morgan fingerprint density at radius 1 is 1.25 bits per heavy atom. The Kier molecular flexibility index (Phi) is 5.92. The minimum absolute atomic E-state index is 0.0985. The van der Waals surface area contributed by atoms with Crippen molar-refractivity contribution in [3.63, 3.8) is 0 Å². The van der Waals surface area contributed by atoms with Crippen molar-refractivity contribution in [3.8, 4) is 0 Å². The molecule has 1 aromatic heterocycles. The molecule has 0 aliphatic heterocycles. The molecule has 0 radical (unpaired) electrons. The van der Waals surface area contributed by atoms with Gasteiger partial charge in [-0.05, 0) is 65.7 Å². The fourth-order valence-electron chi connectivity index (χ4n) is 2.12. The van der Waals surface area contributed by atoms with Gasteiger partial charge in [0, 0.05) is 11.9 Å². The molecule has 0 saturated carbocycles. The highest BCUT2D eigenvalue weighted by Crippen LogP contribution is 2.11. The number of aryl methyl sites for hydroxylation is 1. The molecule has 0 atom stereocenters. The van der Waals surface area contributed by atoms with Crippen LogP contribution in [0.15, 0.2) is 45.8 Å². The standard InChI is InChI=1S/C17H17BrN2O4/c1-3-24-17(23)12-4-6-13(7-5-12)19-15(21)10-20-9-11(2)8-14(18)16(20)22/h4-9H,3,10H2,1-2H3,(H,19,21). The second-order valence-electron chi connectivity index (χ2n) is 5.14. The summed E-state index contributed by atoms with van der Waals surface area (Å²) in [6.07, 6.45) is 1.62. The monoisotopic (exact) mass is 392 g/mol. The van der Waals surface area contributed by atoms with E-state index in [0.717, 1.165) is 5.56 Å². The molecule has 0 spiro atoms. The Labute approximate surface area is 147 Å². The molecule has 0 unspecified atom stereocenters. The van der Waals surface area contributed by atoms with E-state index in [0.29, 0.717) is 22.3 Å². The van der Waals surface area contributed by atoms with Crippen molar-refractivity contribution in [2.24, 2.45) is 0 Å². The number of amides is 1. The maximum absolute atomic E-state index is 12.1. The number of carbonyl (C=O) groups is 2. The zero-order chi connectivity index (χ0) is 17.7. The lowest BCUT2D eigenvalue weighted by atomic mass is 10.2. The number of nitrogens with zero attached hydrogens (tertiary/aromatic N) is 1. The Hall–Kier alpha value is -2.41. The molecule has 1 heterocycles. The van der Waals surface area contributed by atoms with Crippen molar-refractivity contribution in [2.45, 2.75) is 20.4 Å². The summed E-state index contributed by atoms with van der Waals surface area (Å²) in [6.45, 7) is 3.78. The normalized spacial score (nSPS) is 10.3. The van der Waals surface area contributed by atoms with Gasteiger partial charge in [0.1, 0.15) is 6.54 Å². The van der Waals surface area contributed by atoms with Crippen molar-refractivity contribution >= 4 is 33.5 Å². The van der Waals surface area contributed by atoms with Crippen molar-refractivity contribution < 1.29 is 14.3 Å². The van der Waals surface area contributed by atoms with Crippen LogP contribution >= 0.6 is 15.9 Å². The number of carbonyl (C=O) groups excluding carboxylic acids is 2. The molecule has 0 aliphatic carbocycles. The van der Waals surface area contributed by atoms with Crippen LogP contribution in [0, 0.1) is 6.92 Å². The average molecular weight is 393 g/mol. The number of benzene rings is 1. The first-order valence-electron chi connectivity index (χ1n) is 7.34. The quantitative estimate of drug-likeness (QED) is 0.793. The first-order valence-corrected chi connectivity index (χ1v) is 8.13. The number of pyridine rings is 1. The highest BCUT2D eigenvalue weighted by molar-refractivity contribution is 9.10. The van der Waals surface area contributed by atoms with Gasteiger partial charge in [0.15, 0.2) is 0 Å². The van der Waals surface area contributed by atoms with Gasteiger partial charge in [0.2, 0.25) is 5.91 Å². The number of nitrogens with one attached hydrogen (secondary N) is 1. The lowest BCUT2D eigenvalue weighted by Gasteiger charge is -2.09. The van der Waals surface area contributed by atoms with Gasteiger partial charge in [-0.3, -0.25) is 9.59 Å². The van der Waals surface area contributed by atoms with Crippen molar-refractivity contribution in [3.05, 3.63) is 62.5 Å². The summed E-state index contributed by atoms with van der Waals surface area (Å²) in [7, 11) is 0. The van der Waals surface area contributed by atoms with Crippen molar-refractivity contribution in [2.75, 3.05) is 11.9 Å². The molecule has 6 nitrogen and oxygen atoms in total. The van der Waals surface area contributed by atoms with Gasteiger partial charge >= 0.3 is 5.97 Å². The lowest BCUT2D eigenvalue weighted by molar-refractivity contribution is -0.116. The van der Waals surface area contributed by atoms with Gasteiger partial charge in [-0.1, -0.05) is 0 Å². The third-order valence-electron chi connectivity index (χ3n) is 3.17. The van der Waals surface area contributed by atoms with E-state index in [9.17, 15) is 14.4 Å². The number of hydrogen-bond donors (Lipinski definition) is 1. The van der Waals surface area contributed by atoms with Crippen LogP contribution in [-0.2, 0) is 16.1 Å². The first kappa shape index (κ1) is 17.9. The van der Waals surface area contributed by atoms with Crippen LogP contribution in [-0.4, -0.2) is 23.1 Å². The molecule has 2 aromatic rings. The summed E-state index contributed by atoms with van der Waals surface area (Å²) in [4.78, 5) is 35.6. The highest BCUT2D eigenvalue weighted by atomic mass is 79.9. The van der Waals surface area contributed by atoms with Crippen LogP contribution < -0.4 is 10.9 Å². The lowest BCUT2D eigenvalue weighted by Crippen LogP contribution is -2.27. The van der Waals surface area contributed by atoms with Gasteiger partial charge in [-0.2, -0.15) is 0 Å². The summed E-state index contributed by atoms with van der Waals surface area (Å²) < 4.78 is 6.64. The van der Waals surface area contributed by atoms with E-state index in [1.54, 1.807) is 43.5 Å².